The molecule has 1 aromatic carbocycles. The number of amides is 1. The van der Waals surface area contributed by atoms with Crippen molar-refractivity contribution >= 4 is 27.7 Å². The zero-order chi connectivity index (χ0) is 22.8. The summed E-state index contributed by atoms with van der Waals surface area (Å²) in [6, 6.07) is 7.64. The van der Waals surface area contributed by atoms with Gasteiger partial charge in [-0.15, -0.1) is 0 Å². The van der Waals surface area contributed by atoms with Gasteiger partial charge in [-0.3, -0.25) is 4.79 Å². The highest BCUT2D eigenvalue weighted by atomic mass is 32.2. The summed E-state index contributed by atoms with van der Waals surface area (Å²) in [7, 11) is -2.69. The van der Waals surface area contributed by atoms with E-state index in [9.17, 15) is 18.0 Å². The smallest absolute Gasteiger partial charge is 0.339 e. The van der Waals surface area contributed by atoms with Gasteiger partial charge >= 0.3 is 5.97 Å². The Hall–Kier alpha value is -2.72. The first kappa shape index (κ1) is 23.0. The average Bonchev–Trinajstić information content (AvgIpc) is 3.22. The quantitative estimate of drug-likeness (QED) is 0.697. The fourth-order valence-electron chi connectivity index (χ4n) is 3.38. The second kappa shape index (κ2) is 8.80. The minimum Gasteiger partial charge on any atom is -0.465 e. The van der Waals surface area contributed by atoms with Crippen LogP contribution < -0.4 is 5.32 Å². The third-order valence-electron chi connectivity index (χ3n) is 5.24. The molecule has 0 spiro atoms. The molecule has 2 aromatic rings. The van der Waals surface area contributed by atoms with E-state index in [1.165, 1.54) is 23.5 Å². The van der Waals surface area contributed by atoms with E-state index < -0.39 is 16.0 Å². The maximum Gasteiger partial charge on any atom is 0.339 e. The normalized spacial score (nSPS) is 16.1. The number of benzene rings is 1. The van der Waals surface area contributed by atoms with Gasteiger partial charge in [-0.05, 0) is 25.0 Å². The second-order valence-corrected chi connectivity index (χ2v) is 10.4. The van der Waals surface area contributed by atoms with Crippen molar-refractivity contribution in [3.63, 3.8) is 0 Å². The third-order valence-corrected chi connectivity index (χ3v) is 7.19. The number of methoxy groups -OCH3 is 1. The standard InChI is InChI=1S/C21H27N3O6S/c1-21(2,3)17-13-18(23-30-17)22-19(25)14-9-11-24(12-10-14)31(27,28)16-8-6-5-7-15(16)20(26)29-4/h5-8,13-14H,9-12H2,1-4H3,(H,22,23,25). The number of sulfonamides is 1. The van der Waals surface area contributed by atoms with Gasteiger partial charge in [0, 0.05) is 30.5 Å². The van der Waals surface area contributed by atoms with Crippen LogP contribution in [0, 0.1) is 5.92 Å². The van der Waals surface area contributed by atoms with Crippen LogP contribution >= 0.6 is 0 Å². The number of hydrogen-bond acceptors (Lipinski definition) is 7. The Labute approximate surface area is 181 Å². The molecular formula is C21H27N3O6S. The summed E-state index contributed by atoms with van der Waals surface area (Å²) in [5, 5.41) is 6.64. The Morgan fingerprint density at radius 3 is 2.42 bits per heavy atom. The molecule has 1 aliphatic rings. The summed E-state index contributed by atoms with van der Waals surface area (Å²) in [5.74, 6) is -0.279. The Bertz CT molecular complexity index is 1060. The lowest BCUT2D eigenvalue weighted by Gasteiger charge is -2.30. The van der Waals surface area contributed by atoms with Crippen molar-refractivity contribution in [1.82, 2.24) is 9.46 Å². The topological polar surface area (TPSA) is 119 Å². The van der Waals surface area contributed by atoms with Crippen molar-refractivity contribution in [2.24, 2.45) is 5.92 Å². The SMILES string of the molecule is COC(=O)c1ccccc1S(=O)(=O)N1CCC(C(=O)Nc2cc(C(C)(C)C)on2)CC1. The van der Waals surface area contributed by atoms with Gasteiger partial charge in [0.1, 0.15) is 5.76 Å². The first-order chi connectivity index (χ1) is 14.5. The molecule has 1 aromatic heterocycles. The summed E-state index contributed by atoms with van der Waals surface area (Å²) >= 11 is 0. The van der Waals surface area contributed by atoms with E-state index in [1.54, 1.807) is 18.2 Å². The molecular weight excluding hydrogens is 422 g/mol. The van der Waals surface area contributed by atoms with Gasteiger partial charge in [-0.1, -0.05) is 38.1 Å². The zero-order valence-electron chi connectivity index (χ0n) is 18.0. The maximum absolute atomic E-state index is 13.1. The molecule has 0 aliphatic carbocycles. The Morgan fingerprint density at radius 1 is 1.19 bits per heavy atom. The maximum atomic E-state index is 13.1. The number of rotatable bonds is 5. The highest BCUT2D eigenvalue weighted by Gasteiger charge is 2.34. The minimum atomic E-state index is -3.90. The van der Waals surface area contributed by atoms with Crippen LogP contribution in [0.25, 0.3) is 0 Å². The number of carbonyl (C=O) groups is 2. The van der Waals surface area contributed by atoms with Crippen molar-refractivity contribution in [1.29, 1.82) is 0 Å². The van der Waals surface area contributed by atoms with E-state index in [0.717, 1.165) is 0 Å². The number of piperidine rings is 1. The zero-order valence-corrected chi connectivity index (χ0v) is 18.9. The molecule has 0 bridgehead atoms. The summed E-state index contributed by atoms with van der Waals surface area (Å²) in [6.45, 7) is 6.28. The van der Waals surface area contributed by atoms with E-state index in [0.29, 0.717) is 24.4 Å². The van der Waals surface area contributed by atoms with Gasteiger partial charge in [0.05, 0.1) is 17.6 Å². The molecule has 0 unspecified atom stereocenters. The number of esters is 1. The second-order valence-electron chi connectivity index (χ2n) is 8.48. The van der Waals surface area contributed by atoms with Crippen LogP contribution in [0.15, 0.2) is 39.8 Å². The predicted molar refractivity (Wildman–Crippen MR) is 113 cm³/mol. The van der Waals surface area contributed by atoms with Gasteiger partial charge in [-0.25, -0.2) is 13.2 Å². The molecule has 9 nitrogen and oxygen atoms in total. The van der Waals surface area contributed by atoms with Crippen LogP contribution in [0.4, 0.5) is 5.82 Å². The van der Waals surface area contributed by atoms with Crippen LogP contribution in [0.2, 0.25) is 0 Å². The Morgan fingerprint density at radius 2 is 1.84 bits per heavy atom. The fourth-order valence-corrected chi connectivity index (χ4v) is 5.03. The molecule has 0 saturated carbocycles. The predicted octanol–water partition coefficient (Wildman–Crippen LogP) is 2.80. The average molecular weight is 450 g/mol. The molecule has 0 atom stereocenters. The summed E-state index contributed by atoms with van der Waals surface area (Å²) in [4.78, 5) is 24.5. The molecule has 1 saturated heterocycles. The molecule has 3 rings (SSSR count). The van der Waals surface area contributed by atoms with Crippen molar-refractivity contribution in [2.75, 3.05) is 25.5 Å². The molecule has 168 valence electrons. The molecule has 1 aliphatic heterocycles. The highest BCUT2D eigenvalue weighted by Crippen LogP contribution is 2.28. The van der Waals surface area contributed by atoms with Crippen LogP contribution in [0.1, 0.15) is 49.7 Å². The van der Waals surface area contributed by atoms with Gasteiger partial charge in [0.25, 0.3) is 0 Å². The minimum absolute atomic E-state index is 0.00875. The van der Waals surface area contributed by atoms with Gasteiger partial charge in [-0.2, -0.15) is 4.31 Å². The van der Waals surface area contributed by atoms with Gasteiger partial charge < -0.3 is 14.6 Å². The lowest BCUT2D eigenvalue weighted by Crippen LogP contribution is -2.41. The molecule has 1 fully saturated rings. The van der Waals surface area contributed by atoms with Crippen LogP contribution in [0.5, 0.6) is 0 Å². The lowest BCUT2D eigenvalue weighted by atomic mass is 9.93. The van der Waals surface area contributed by atoms with Crippen molar-refractivity contribution in [3.8, 4) is 0 Å². The van der Waals surface area contributed by atoms with Gasteiger partial charge in [0.15, 0.2) is 5.82 Å². The molecule has 1 N–H and O–H groups in total. The van der Waals surface area contributed by atoms with Crippen molar-refractivity contribution < 1.29 is 27.3 Å². The number of hydrogen-bond donors (Lipinski definition) is 1. The van der Waals surface area contributed by atoms with Gasteiger partial charge in [0.2, 0.25) is 15.9 Å². The largest absolute Gasteiger partial charge is 0.465 e. The number of nitrogens with one attached hydrogen (secondary N) is 1. The van der Waals surface area contributed by atoms with E-state index in [1.807, 2.05) is 20.8 Å². The first-order valence-electron chi connectivity index (χ1n) is 9.99. The van der Waals surface area contributed by atoms with Crippen molar-refractivity contribution in [3.05, 3.63) is 41.7 Å². The Balaban J connectivity index is 1.66. The lowest BCUT2D eigenvalue weighted by molar-refractivity contribution is -0.120. The summed E-state index contributed by atoms with van der Waals surface area (Å²) < 4.78 is 37.5. The number of ether oxygens (including phenoxy) is 1. The van der Waals surface area contributed by atoms with Crippen molar-refractivity contribution in [2.45, 2.75) is 43.9 Å². The van der Waals surface area contributed by atoms with Crippen LogP contribution in [-0.2, 0) is 25.0 Å². The van der Waals surface area contributed by atoms with Crippen LogP contribution in [0.3, 0.4) is 0 Å². The number of aromatic nitrogens is 1. The summed E-state index contributed by atoms with van der Waals surface area (Å²) in [5.41, 5.74) is -0.235. The Kier molecular flexibility index (Phi) is 6.51. The summed E-state index contributed by atoms with van der Waals surface area (Å²) in [6.07, 6.45) is 0.713. The van der Waals surface area contributed by atoms with Crippen LogP contribution in [-0.4, -0.2) is 50.0 Å². The number of anilines is 1. The van der Waals surface area contributed by atoms with E-state index in [-0.39, 0.29) is 40.8 Å². The number of carbonyl (C=O) groups excluding carboxylic acids is 2. The monoisotopic (exact) mass is 449 g/mol. The third kappa shape index (κ3) is 4.96. The van der Waals surface area contributed by atoms with E-state index in [2.05, 4.69) is 10.5 Å². The molecule has 1 amide bonds. The fraction of sp³-hybridized carbons (Fsp3) is 0.476. The molecule has 10 heteroatoms. The highest BCUT2D eigenvalue weighted by molar-refractivity contribution is 7.89. The molecule has 2 heterocycles. The van der Waals surface area contributed by atoms with E-state index in [4.69, 9.17) is 9.26 Å². The molecule has 0 radical (unpaired) electrons. The van der Waals surface area contributed by atoms with E-state index >= 15 is 0 Å². The molecule has 31 heavy (non-hydrogen) atoms. The first-order valence-corrected chi connectivity index (χ1v) is 11.4. The number of nitrogens with zero attached hydrogens (tertiary/aromatic N) is 2.